The summed E-state index contributed by atoms with van der Waals surface area (Å²) in [4.78, 5) is 10.8. The van der Waals surface area contributed by atoms with Gasteiger partial charge in [0.1, 0.15) is 11.6 Å². The van der Waals surface area contributed by atoms with Crippen LogP contribution >= 0.6 is 0 Å². The van der Waals surface area contributed by atoms with Crippen molar-refractivity contribution in [3.63, 3.8) is 0 Å². The van der Waals surface area contributed by atoms with Crippen LogP contribution in [-0.2, 0) is 4.79 Å². The molecular formula is C10H7F6NO2. The SMILES string of the molecule is COc1ccc(F)c(NC(=O)C(F)(F)C(F)(F)F)c1. The Morgan fingerprint density at radius 1 is 1.21 bits per heavy atom. The number of anilines is 1. The highest BCUT2D eigenvalue weighted by Gasteiger charge is 2.63. The third-order valence-electron chi connectivity index (χ3n) is 2.06. The maximum Gasteiger partial charge on any atom is 0.463 e. The number of ether oxygens (including phenoxy) is 1. The van der Waals surface area contributed by atoms with Crippen LogP contribution in [0.4, 0.5) is 32.0 Å². The van der Waals surface area contributed by atoms with Crippen molar-refractivity contribution in [3.8, 4) is 5.75 Å². The van der Waals surface area contributed by atoms with Gasteiger partial charge in [0.25, 0.3) is 0 Å². The molecule has 0 bridgehead atoms. The largest absolute Gasteiger partial charge is 0.497 e. The van der Waals surface area contributed by atoms with Crippen LogP contribution in [0.3, 0.4) is 0 Å². The van der Waals surface area contributed by atoms with Crippen LogP contribution in [0.25, 0.3) is 0 Å². The van der Waals surface area contributed by atoms with Crippen LogP contribution in [0.2, 0.25) is 0 Å². The minimum Gasteiger partial charge on any atom is -0.497 e. The number of alkyl halides is 5. The van der Waals surface area contributed by atoms with Crippen LogP contribution in [0.15, 0.2) is 18.2 Å². The Kier molecular flexibility index (Phi) is 3.97. The molecular weight excluding hydrogens is 280 g/mol. The molecule has 19 heavy (non-hydrogen) atoms. The summed E-state index contributed by atoms with van der Waals surface area (Å²) in [5, 5.41) is 1.17. The molecule has 0 unspecified atom stereocenters. The number of benzene rings is 1. The van der Waals surface area contributed by atoms with Crippen LogP contribution in [-0.4, -0.2) is 25.1 Å². The number of nitrogens with one attached hydrogen (secondary N) is 1. The lowest BCUT2D eigenvalue weighted by molar-refractivity contribution is -0.267. The van der Waals surface area contributed by atoms with Gasteiger partial charge in [0.05, 0.1) is 12.8 Å². The van der Waals surface area contributed by atoms with Crippen molar-refractivity contribution in [2.24, 2.45) is 0 Å². The summed E-state index contributed by atoms with van der Waals surface area (Å²) < 4.78 is 78.7. The Hall–Kier alpha value is -1.93. The minimum atomic E-state index is -6.06. The highest BCUT2D eigenvalue weighted by Crippen LogP contribution is 2.36. The molecule has 0 fully saturated rings. The number of carbonyl (C=O) groups excluding carboxylic acids is 1. The quantitative estimate of drug-likeness (QED) is 0.868. The number of amides is 1. The summed E-state index contributed by atoms with van der Waals surface area (Å²) in [5.41, 5.74) is -0.840. The molecule has 0 radical (unpaired) electrons. The fourth-order valence-electron chi connectivity index (χ4n) is 1.06. The van der Waals surface area contributed by atoms with Crippen LogP contribution in [0.1, 0.15) is 0 Å². The van der Waals surface area contributed by atoms with Crippen molar-refractivity contribution in [1.29, 1.82) is 0 Å². The third kappa shape index (κ3) is 3.09. The lowest BCUT2D eigenvalue weighted by Crippen LogP contribution is -2.47. The van der Waals surface area contributed by atoms with Gasteiger partial charge in [-0.3, -0.25) is 4.79 Å². The molecule has 1 N–H and O–H groups in total. The topological polar surface area (TPSA) is 38.3 Å². The van der Waals surface area contributed by atoms with Crippen LogP contribution < -0.4 is 10.1 Å². The molecule has 1 aromatic carbocycles. The Bertz CT molecular complexity index is 485. The lowest BCUT2D eigenvalue weighted by Gasteiger charge is -2.19. The van der Waals surface area contributed by atoms with Crippen molar-refractivity contribution in [2.45, 2.75) is 12.1 Å². The van der Waals surface area contributed by atoms with Gasteiger partial charge < -0.3 is 10.1 Å². The molecule has 0 aliphatic heterocycles. The van der Waals surface area contributed by atoms with Crippen molar-refractivity contribution < 1.29 is 35.9 Å². The summed E-state index contributed by atoms with van der Waals surface area (Å²) in [6.07, 6.45) is -6.06. The standard InChI is InChI=1S/C10H7F6NO2/c1-19-5-2-3-6(11)7(4-5)17-8(18)9(12,13)10(14,15)16/h2-4H,1H3,(H,17,18). The monoisotopic (exact) mass is 287 g/mol. The van der Waals surface area contributed by atoms with Crippen molar-refractivity contribution in [3.05, 3.63) is 24.0 Å². The highest BCUT2D eigenvalue weighted by molar-refractivity contribution is 5.96. The van der Waals surface area contributed by atoms with Gasteiger partial charge in [0.15, 0.2) is 0 Å². The average molecular weight is 287 g/mol. The summed E-state index contributed by atoms with van der Waals surface area (Å²) in [5.74, 6) is -9.49. The Labute approximate surface area is 103 Å². The van der Waals surface area contributed by atoms with E-state index in [1.54, 1.807) is 0 Å². The Morgan fingerprint density at radius 3 is 2.26 bits per heavy atom. The van der Waals surface area contributed by atoms with Crippen LogP contribution in [0.5, 0.6) is 5.75 Å². The lowest BCUT2D eigenvalue weighted by atomic mass is 10.2. The number of hydrogen-bond donors (Lipinski definition) is 1. The minimum absolute atomic E-state index is 0.0213. The highest BCUT2D eigenvalue weighted by atomic mass is 19.4. The van der Waals surface area contributed by atoms with Crippen LogP contribution in [0, 0.1) is 5.82 Å². The predicted molar refractivity (Wildman–Crippen MR) is 52.6 cm³/mol. The molecule has 0 aliphatic carbocycles. The van der Waals surface area contributed by atoms with Gasteiger partial charge in [-0.1, -0.05) is 0 Å². The van der Waals surface area contributed by atoms with Gasteiger partial charge >= 0.3 is 18.0 Å². The fourth-order valence-corrected chi connectivity index (χ4v) is 1.06. The normalized spacial score (nSPS) is 12.2. The van der Waals surface area contributed by atoms with E-state index in [1.807, 2.05) is 0 Å². The molecule has 1 rings (SSSR count). The zero-order chi connectivity index (χ0) is 14.8. The molecule has 1 aromatic rings. The number of hydrogen-bond acceptors (Lipinski definition) is 2. The smallest absolute Gasteiger partial charge is 0.463 e. The van der Waals surface area contributed by atoms with Gasteiger partial charge in [0.2, 0.25) is 0 Å². The first-order chi connectivity index (χ1) is 8.59. The molecule has 0 atom stereocenters. The molecule has 106 valence electrons. The number of methoxy groups -OCH3 is 1. The first-order valence-electron chi connectivity index (χ1n) is 4.69. The summed E-state index contributed by atoms with van der Waals surface area (Å²) in [6, 6.07) is 2.63. The van der Waals surface area contributed by atoms with E-state index in [2.05, 4.69) is 4.74 Å². The van der Waals surface area contributed by atoms with Gasteiger partial charge in [0, 0.05) is 6.07 Å². The third-order valence-corrected chi connectivity index (χ3v) is 2.06. The number of carbonyl (C=O) groups is 1. The molecule has 3 nitrogen and oxygen atoms in total. The summed E-state index contributed by atoms with van der Waals surface area (Å²) in [6.45, 7) is 0. The second kappa shape index (κ2) is 4.98. The van der Waals surface area contributed by atoms with E-state index in [4.69, 9.17) is 0 Å². The summed E-state index contributed by atoms with van der Waals surface area (Å²) in [7, 11) is 1.17. The second-order valence-electron chi connectivity index (χ2n) is 3.37. The number of halogens is 6. The average Bonchev–Trinajstić information content (AvgIpc) is 2.30. The molecule has 0 saturated heterocycles. The molecule has 0 aliphatic rings. The van der Waals surface area contributed by atoms with E-state index in [1.165, 1.54) is 12.4 Å². The van der Waals surface area contributed by atoms with Crippen molar-refractivity contribution >= 4 is 11.6 Å². The van der Waals surface area contributed by atoms with E-state index in [0.29, 0.717) is 0 Å². The molecule has 0 saturated carbocycles. The van der Waals surface area contributed by atoms with E-state index < -0.39 is 29.5 Å². The molecule has 1 amide bonds. The molecule has 0 heterocycles. The summed E-state index contributed by atoms with van der Waals surface area (Å²) >= 11 is 0. The van der Waals surface area contributed by atoms with E-state index in [-0.39, 0.29) is 5.75 Å². The molecule has 0 aromatic heterocycles. The maximum absolute atomic E-state index is 13.2. The first kappa shape index (κ1) is 15.1. The fraction of sp³-hybridized carbons (Fsp3) is 0.300. The zero-order valence-electron chi connectivity index (χ0n) is 9.32. The second-order valence-corrected chi connectivity index (χ2v) is 3.37. The Morgan fingerprint density at radius 2 is 1.79 bits per heavy atom. The van der Waals surface area contributed by atoms with Gasteiger partial charge in [-0.25, -0.2) is 4.39 Å². The van der Waals surface area contributed by atoms with E-state index >= 15 is 0 Å². The molecule has 0 spiro atoms. The van der Waals surface area contributed by atoms with Gasteiger partial charge in [-0.15, -0.1) is 0 Å². The zero-order valence-corrected chi connectivity index (χ0v) is 9.32. The number of rotatable bonds is 3. The van der Waals surface area contributed by atoms with E-state index in [0.717, 1.165) is 18.2 Å². The first-order valence-corrected chi connectivity index (χ1v) is 4.69. The predicted octanol–water partition coefficient (Wildman–Crippen LogP) is 2.97. The van der Waals surface area contributed by atoms with Crippen molar-refractivity contribution in [2.75, 3.05) is 12.4 Å². The Balaban J connectivity index is 3.00. The van der Waals surface area contributed by atoms with Gasteiger partial charge in [-0.05, 0) is 12.1 Å². The maximum atomic E-state index is 13.2. The molecule has 9 heteroatoms. The van der Waals surface area contributed by atoms with E-state index in [9.17, 15) is 31.1 Å². The van der Waals surface area contributed by atoms with Gasteiger partial charge in [-0.2, -0.15) is 22.0 Å². The van der Waals surface area contributed by atoms with Crippen molar-refractivity contribution in [1.82, 2.24) is 0 Å².